The molecule has 1 unspecified atom stereocenters. The normalized spacial score (nSPS) is 15.5. The maximum absolute atomic E-state index is 13.3. The molecule has 2 aromatic rings. The van der Waals surface area contributed by atoms with Gasteiger partial charge in [0.15, 0.2) is 5.13 Å². The van der Waals surface area contributed by atoms with E-state index in [4.69, 9.17) is 5.73 Å². The molecule has 0 bridgehead atoms. The van der Waals surface area contributed by atoms with Crippen LogP contribution in [0.1, 0.15) is 26.2 Å². The number of hydrogen-bond acceptors (Lipinski definition) is 5. The van der Waals surface area contributed by atoms with Crippen LogP contribution in [0.2, 0.25) is 0 Å². The number of halogens is 1. The Balaban J connectivity index is 1.93. The number of amides is 2. The van der Waals surface area contributed by atoms with E-state index < -0.39 is 17.7 Å². The Labute approximate surface area is 155 Å². The summed E-state index contributed by atoms with van der Waals surface area (Å²) in [6.07, 6.45) is 3.39. The van der Waals surface area contributed by atoms with Gasteiger partial charge in [-0.3, -0.25) is 9.59 Å². The van der Waals surface area contributed by atoms with Gasteiger partial charge in [0, 0.05) is 18.7 Å². The molecule has 2 heterocycles. The molecule has 1 saturated heterocycles. The smallest absolute Gasteiger partial charge is 0.238 e. The van der Waals surface area contributed by atoms with Crippen LogP contribution in [0.15, 0.2) is 24.3 Å². The molecular weight excluding hydrogens is 355 g/mol. The van der Waals surface area contributed by atoms with Gasteiger partial charge in [-0.05, 0) is 50.5 Å². The fraction of sp³-hybridized carbons (Fsp3) is 0.389. The number of carbonyl (C=O) groups is 2. The van der Waals surface area contributed by atoms with Crippen LogP contribution in [0.25, 0.3) is 11.3 Å². The molecule has 0 spiro atoms. The first-order valence-electron chi connectivity index (χ1n) is 8.57. The summed E-state index contributed by atoms with van der Waals surface area (Å²) in [6, 6.07) is 6.13. The Morgan fingerprint density at radius 3 is 2.50 bits per heavy atom. The van der Waals surface area contributed by atoms with Crippen LogP contribution in [-0.4, -0.2) is 29.9 Å². The van der Waals surface area contributed by atoms with Crippen molar-refractivity contribution in [3.05, 3.63) is 30.1 Å². The monoisotopic (exact) mass is 376 g/mol. The molecule has 138 valence electrons. The SMILES string of the molecule is CC(C(N)=O)C(=O)Nc1nc(-c2ccc(F)cc2)c(N2CCCCC2)s1. The van der Waals surface area contributed by atoms with Crippen molar-refractivity contribution in [2.45, 2.75) is 26.2 Å². The van der Waals surface area contributed by atoms with Crippen molar-refractivity contribution < 1.29 is 14.0 Å². The second kappa shape index (κ2) is 7.82. The first-order chi connectivity index (χ1) is 12.5. The van der Waals surface area contributed by atoms with E-state index in [-0.39, 0.29) is 5.82 Å². The number of nitrogens with zero attached hydrogens (tertiary/aromatic N) is 2. The summed E-state index contributed by atoms with van der Waals surface area (Å²) in [5, 5.41) is 4.02. The summed E-state index contributed by atoms with van der Waals surface area (Å²) in [5.74, 6) is -2.42. The minimum atomic E-state index is -0.938. The molecule has 3 N–H and O–H groups in total. The maximum atomic E-state index is 13.3. The fourth-order valence-electron chi connectivity index (χ4n) is 2.82. The fourth-order valence-corrected chi connectivity index (χ4v) is 3.86. The molecule has 1 aromatic heterocycles. The highest BCUT2D eigenvalue weighted by atomic mass is 32.1. The summed E-state index contributed by atoms with van der Waals surface area (Å²) in [6.45, 7) is 3.29. The highest BCUT2D eigenvalue weighted by Gasteiger charge is 2.24. The van der Waals surface area contributed by atoms with E-state index in [1.807, 2.05) is 0 Å². The number of thiazole rings is 1. The lowest BCUT2D eigenvalue weighted by atomic mass is 10.1. The van der Waals surface area contributed by atoms with Crippen LogP contribution in [0.5, 0.6) is 0 Å². The number of aromatic nitrogens is 1. The number of nitrogens with two attached hydrogens (primary N) is 1. The van der Waals surface area contributed by atoms with Crippen molar-refractivity contribution in [1.29, 1.82) is 0 Å². The lowest BCUT2D eigenvalue weighted by Gasteiger charge is -2.27. The van der Waals surface area contributed by atoms with Gasteiger partial charge in [0.05, 0.1) is 0 Å². The van der Waals surface area contributed by atoms with Crippen LogP contribution < -0.4 is 16.0 Å². The molecule has 1 aliphatic heterocycles. The highest BCUT2D eigenvalue weighted by Crippen LogP contribution is 2.39. The van der Waals surface area contributed by atoms with Crippen LogP contribution in [0, 0.1) is 11.7 Å². The number of rotatable bonds is 5. The van der Waals surface area contributed by atoms with E-state index in [1.165, 1.54) is 36.8 Å². The standard InChI is InChI=1S/C18H21FN4O2S/c1-11(15(20)24)16(25)22-18-21-14(12-5-7-13(19)8-6-12)17(26-18)23-9-3-2-4-10-23/h5-8,11H,2-4,9-10H2,1H3,(H2,20,24)(H,21,22,25). The summed E-state index contributed by atoms with van der Waals surface area (Å²) in [4.78, 5) is 30.1. The van der Waals surface area contributed by atoms with E-state index in [0.29, 0.717) is 10.8 Å². The van der Waals surface area contributed by atoms with Gasteiger partial charge in [0.1, 0.15) is 22.4 Å². The molecule has 2 amide bonds. The van der Waals surface area contributed by atoms with Crippen molar-refractivity contribution in [2.75, 3.05) is 23.3 Å². The molecule has 6 nitrogen and oxygen atoms in total. The van der Waals surface area contributed by atoms with Gasteiger partial charge in [-0.15, -0.1) is 0 Å². The predicted molar refractivity (Wildman–Crippen MR) is 101 cm³/mol. The molecule has 0 aliphatic carbocycles. The number of anilines is 2. The zero-order valence-corrected chi connectivity index (χ0v) is 15.3. The largest absolute Gasteiger partial charge is 0.369 e. The van der Waals surface area contributed by atoms with Crippen molar-refractivity contribution in [3.63, 3.8) is 0 Å². The Morgan fingerprint density at radius 2 is 1.88 bits per heavy atom. The summed E-state index contributed by atoms with van der Waals surface area (Å²) >= 11 is 1.36. The van der Waals surface area contributed by atoms with E-state index in [2.05, 4.69) is 15.2 Å². The summed E-state index contributed by atoms with van der Waals surface area (Å²) < 4.78 is 13.3. The van der Waals surface area contributed by atoms with Gasteiger partial charge in [-0.25, -0.2) is 9.37 Å². The molecule has 8 heteroatoms. The number of benzene rings is 1. The molecule has 0 saturated carbocycles. The van der Waals surface area contributed by atoms with E-state index in [1.54, 1.807) is 12.1 Å². The van der Waals surface area contributed by atoms with Gasteiger partial charge < -0.3 is 16.0 Å². The lowest BCUT2D eigenvalue weighted by molar-refractivity contribution is -0.129. The second-order valence-corrected chi connectivity index (χ2v) is 7.32. The third kappa shape index (κ3) is 4.01. The average molecular weight is 376 g/mol. The van der Waals surface area contributed by atoms with Gasteiger partial charge in [-0.2, -0.15) is 0 Å². The van der Waals surface area contributed by atoms with Crippen LogP contribution in [-0.2, 0) is 9.59 Å². The molecule has 1 aromatic carbocycles. The average Bonchev–Trinajstić information content (AvgIpc) is 3.06. The first-order valence-corrected chi connectivity index (χ1v) is 9.39. The molecular formula is C18H21FN4O2S. The highest BCUT2D eigenvalue weighted by molar-refractivity contribution is 7.20. The van der Waals surface area contributed by atoms with Crippen LogP contribution in [0.4, 0.5) is 14.5 Å². The van der Waals surface area contributed by atoms with Crippen molar-refractivity contribution >= 4 is 33.3 Å². The maximum Gasteiger partial charge on any atom is 0.238 e. The molecule has 1 fully saturated rings. The second-order valence-electron chi connectivity index (χ2n) is 6.34. The van der Waals surface area contributed by atoms with Gasteiger partial charge >= 0.3 is 0 Å². The Kier molecular flexibility index (Phi) is 5.51. The Hall–Kier alpha value is -2.48. The van der Waals surface area contributed by atoms with Crippen LogP contribution in [0.3, 0.4) is 0 Å². The quantitative estimate of drug-likeness (QED) is 0.785. The van der Waals surface area contributed by atoms with Crippen LogP contribution >= 0.6 is 11.3 Å². The van der Waals surface area contributed by atoms with E-state index in [0.717, 1.165) is 36.5 Å². The zero-order chi connectivity index (χ0) is 18.7. The van der Waals surface area contributed by atoms with Gasteiger partial charge in [0.25, 0.3) is 0 Å². The third-order valence-corrected chi connectivity index (χ3v) is 5.45. The molecule has 0 radical (unpaired) electrons. The van der Waals surface area contributed by atoms with Gasteiger partial charge in [-0.1, -0.05) is 11.3 Å². The topological polar surface area (TPSA) is 88.3 Å². The zero-order valence-electron chi connectivity index (χ0n) is 14.5. The lowest BCUT2D eigenvalue weighted by Crippen LogP contribution is -2.32. The third-order valence-electron chi connectivity index (χ3n) is 4.42. The Bertz CT molecular complexity index is 800. The molecule has 1 aliphatic rings. The molecule has 1 atom stereocenters. The Morgan fingerprint density at radius 1 is 1.23 bits per heavy atom. The predicted octanol–water partition coefficient (Wildman–Crippen LogP) is 3.00. The minimum absolute atomic E-state index is 0.313. The number of piperidine rings is 1. The van der Waals surface area contributed by atoms with E-state index in [9.17, 15) is 14.0 Å². The number of hydrogen-bond donors (Lipinski definition) is 2. The van der Waals surface area contributed by atoms with E-state index >= 15 is 0 Å². The summed E-state index contributed by atoms with van der Waals surface area (Å²) in [5.41, 5.74) is 6.68. The van der Waals surface area contributed by atoms with Gasteiger partial charge in [0.2, 0.25) is 11.8 Å². The number of nitrogens with one attached hydrogen (secondary N) is 1. The van der Waals surface area contributed by atoms with Crippen molar-refractivity contribution in [1.82, 2.24) is 4.98 Å². The van der Waals surface area contributed by atoms with Crippen molar-refractivity contribution in [3.8, 4) is 11.3 Å². The summed E-state index contributed by atoms with van der Waals surface area (Å²) in [7, 11) is 0. The molecule has 3 rings (SSSR count). The first kappa shape index (κ1) is 18.3. The number of carbonyl (C=O) groups excluding carboxylic acids is 2. The molecule has 26 heavy (non-hydrogen) atoms. The van der Waals surface area contributed by atoms with Crippen molar-refractivity contribution in [2.24, 2.45) is 11.7 Å². The number of primary amides is 1. The minimum Gasteiger partial charge on any atom is -0.369 e.